The van der Waals surface area contributed by atoms with E-state index < -0.39 is 0 Å². The van der Waals surface area contributed by atoms with Crippen molar-refractivity contribution in [3.63, 3.8) is 0 Å². The number of hydrogen-bond acceptors (Lipinski definition) is 2. The van der Waals surface area contributed by atoms with Crippen LogP contribution in [-0.2, 0) is 7.05 Å². The smallest absolute Gasteiger partial charge is 0.317 e. The third-order valence-corrected chi connectivity index (χ3v) is 3.13. The van der Waals surface area contributed by atoms with Crippen LogP contribution >= 0.6 is 0 Å². The second kappa shape index (κ2) is 7.16. The van der Waals surface area contributed by atoms with Crippen molar-refractivity contribution in [1.82, 2.24) is 20.0 Å². The molecule has 0 aliphatic heterocycles. The Morgan fingerprint density at radius 1 is 1.42 bits per heavy atom. The number of urea groups is 1. The van der Waals surface area contributed by atoms with E-state index in [0.29, 0.717) is 0 Å². The van der Waals surface area contributed by atoms with Crippen LogP contribution in [0.15, 0.2) is 6.20 Å². The molecule has 5 nitrogen and oxygen atoms in total. The number of amides is 2. The van der Waals surface area contributed by atoms with Crippen LogP contribution in [0.5, 0.6) is 0 Å². The Balaban J connectivity index is 2.66. The molecule has 0 bridgehead atoms. The molecule has 1 heterocycles. The molecule has 2 amide bonds. The number of aryl methyl sites for hydroxylation is 2. The highest BCUT2D eigenvalue weighted by atomic mass is 16.2. The third kappa shape index (κ3) is 4.26. The van der Waals surface area contributed by atoms with Crippen LogP contribution in [0.25, 0.3) is 0 Å². The van der Waals surface area contributed by atoms with Gasteiger partial charge in [-0.1, -0.05) is 13.8 Å². The molecule has 0 aliphatic rings. The van der Waals surface area contributed by atoms with Crippen LogP contribution in [0, 0.1) is 6.92 Å². The van der Waals surface area contributed by atoms with Gasteiger partial charge in [-0.3, -0.25) is 4.68 Å². The topological polar surface area (TPSA) is 50.2 Å². The van der Waals surface area contributed by atoms with Gasteiger partial charge in [-0.05, 0) is 26.7 Å². The maximum absolute atomic E-state index is 12.2. The molecule has 0 unspecified atom stereocenters. The quantitative estimate of drug-likeness (QED) is 0.860. The first kappa shape index (κ1) is 15.5. The van der Waals surface area contributed by atoms with E-state index in [0.717, 1.165) is 37.2 Å². The average molecular weight is 266 g/mol. The van der Waals surface area contributed by atoms with Crippen LogP contribution < -0.4 is 5.32 Å². The fourth-order valence-electron chi connectivity index (χ4n) is 2.25. The second-order valence-electron chi connectivity index (χ2n) is 5.00. The Morgan fingerprint density at radius 3 is 2.42 bits per heavy atom. The highest BCUT2D eigenvalue weighted by Gasteiger charge is 2.17. The van der Waals surface area contributed by atoms with E-state index in [2.05, 4.69) is 24.3 Å². The molecule has 1 N–H and O–H groups in total. The maximum Gasteiger partial charge on any atom is 0.317 e. The van der Waals surface area contributed by atoms with Crippen LogP contribution in [-0.4, -0.2) is 33.8 Å². The van der Waals surface area contributed by atoms with Crippen molar-refractivity contribution in [2.24, 2.45) is 7.05 Å². The van der Waals surface area contributed by atoms with E-state index in [1.165, 1.54) is 0 Å². The normalized spacial score (nSPS) is 12.3. The van der Waals surface area contributed by atoms with Crippen molar-refractivity contribution in [3.05, 3.63) is 17.5 Å². The van der Waals surface area contributed by atoms with Crippen LogP contribution in [0.3, 0.4) is 0 Å². The molecular formula is C14H26N4O. The summed E-state index contributed by atoms with van der Waals surface area (Å²) in [6, 6.07) is -0.00290. The minimum Gasteiger partial charge on any atom is -0.331 e. The third-order valence-electron chi connectivity index (χ3n) is 3.13. The Labute approximate surface area is 116 Å². The SMILES string of the molecule is CCCN(CCC)C(=O)N[C@H](C)c1cn(C)nc1C. The summed E-state index contributed by atoms with van der Waals surface area (Å²) in [5.74, 6) is 0. The fourth-order valence-corrected chi connectivity index (χ4v) is 2.25. The second-order valence-corrected chi connectivity index (χ2v) is 5.00. The van der Waals surface area contributed by atoms with Gasteiger partial charge >= 0.3 is 6.03 Å². The number of aromatic nitrogens is 2. The molecule has 0 saturated carbocycles. The molecule has 0 spiro atoms. The van der Waals surface area contributed by atoms with Crippen LogP contribution in [0.1, 0.15) is 50.9 Å². The Hall–Kier alpha value is -1.52. The molecule has 1 rings (SSSR count). The Bertz CT molecular complexity index is 408. The summed E-state index contributed by atoms with van der Waals surface area (Å²) in [5.41, 5.74) is 2.04. The highest BCUT2D eigenvalue weighted by Crippen LogP contribution is 2.15. The molecule has 0 aliphatic carbocycles. The largest absolute Gasteiger partial charge is 0.331 e. The molecule has 0 saturated heterocycles. The van der Waals surface area contributed by atoms with Crippen LogP contribution in [0.2, 0.25) is 0 Å². The zero-order valence-corrected chi connectivity index (χ0v) is 12.7. The van der Waals surface area contributed by atoms with Crippen molar-refractivity contribution in [2.75, 3.05) is 13.1 Å². The van der Waals surface area contributed by atoms with Gasteiger partial charge in [-0.15, -0.1) is 0 Å². The zero-order chi connectivity index (χ0) is 14.4. The highest BCUT2D eigenvalue weighted by molar-refractivity contribution is 5.74. The molecule has 108 valence electrons. The minimum atomic E-state index is -0.0163. The molecule has 0 aromatic carbocycles. The van der Waals surface area contributed by atoms with Gasteiger partial charge < -0.3 is 10.2 Å². The van der Waals surface area contributed by atoms with E-state index in [9.17, 15) is 4.79 Å². The van der Waals surface area contributed by atoms with E-state index in [1.54, 1.807) is 4.68 Å². The Morgan fingerprint density at radius 2 is 2.00 bits per heavy atom. The van der Waals surface area contributed by atoms with Crippen molar-refractivity contribution in [1.29, 1.82) is 0 Å². The zero-order valence-electron chi connectivity index (χ0n) is 12.7. The monoisotopic (exact) mass is 266 g/mol. The van der Waals surface area contributed by atoms with Crippen molar-refractivity contribution >= 4 is 6.03 Å². The van der Waals surface area contributed by atoms with Gasteiger partial charge in [-0.25, -0.2) is 4.79 Å². The molecule has 5 heteroatoms. The van der Waals surface area contributed by atoms with E-state index in [-0.39, 0.29) is 12.1 Å². The van der Waals surface area contributed by atoms with Gasteiger partial charge in [0.2, 0.25) is 0 Å². The molecule has 19 heavy (non-hydrogen) atoms. The van der Waals surface area contributed by atoms with Gasteiger partial charge in [0.25, 0.3) is 0 Å². The summed E-state index contributed by atoms with van der Waals surface area (Å²) >= 11 is 0. The van der Waals surface area contributed by atoms with Gasteiger partial charge in [0.05, 0.1) is 11.7 Å². The van der Waals surface area contributed by atoms with E-state index in [1.807, 2.05) is 32.0 Å². The first-order valence-corrected chi connectivity index (χ1v) is 7.05. The molecular weight excluding hydrogens is 240 g/mol. The van der Waals surface area contributed by atoms with Crippen LogP contribution in [0.4, 0.5) is 4.79 Å². The molecule has 1 aromatic rings. The number of hydrogen-bond donors (Lipinski definition) is 1. The van der Waals surface area contributed by atoms with E-state index in [4.69, 9.17) is 0 Å². The number of nitrogens with one attached hydrogen (secondary N) is 1. The van der Waals surface area contributed by atoms with Gasteiger partial charge in [-0.2, -0.15) is 5.10 Å². The molecule has 0 radical (unpaired) electrons. The number of nitrogens with zero attached hydrogens (tertiary/aromatic N) is 3. The van der Waals surface area contributed by atoms with Gasteiger partial charge in [0, 0.05) is 31.9 Å². The standard InChI is InChI=1S/C14H26N4O/c1-6-8-18(9-7-2)14(19)15-11(3)13-10-17(5)16-12(13)4/h10-11H,6-9H2,1-5H3,(H,15,19)/t11-/m1/s1. The molecule has 0 fully saturated rings. The van der Waals surface area contributed by atoms with E-state index >= 15 is 0 Å². The van der Waals surface area contributed by atoms with Crippen molar-refractivity contribution in [2.45, 2.75) is 46.6 Å². The summed E-state index contributed by atoms with van der Waals surface area (Å²) in [5, 5.41) is 7.36. The summed E-state index contributed by atoms with van der Waals surface area (Å²) in [6.07, 6.45) is 3.92. The lowest BCUT2D eigenvalue weighted by Crippen LogP contribution is -2.41. The lowest BCUT2D eigenvalue weighted by molar-refractivity contribution is 0.194. The molecule has 1 aromatic heterocycles. The predicted octanol–water partition coefficient (Wildman–Crippen LogP) is 2.62. The summed E-state index contributed by atoms with van der Waals surface area (Å²) in [7, 11) is 1.89. The summed E-state index contributed by atoms with van der Waals surface area (Å²) in [6.45, 7) is 9.75. The first-order valence-electron chi connectivity index (χ1n) is 7.05. The van der Waals surface area contributed by atoms with Crippen molar-refractivity contribution < 1.29 is 4.79 Å². The predicted molar refractivity (Wildman–Crippen MR) is 77.0 cm³/mol. The summed E-state index contributed by atoms with van der Waals surface area (Å²) < 4.78 is 1.78. The lowest BCUT2D eigenvalue weighted by Gasteiger charge is -2.24. The number of rotatable bonds is 6. The number of carbonyl (C=O) groups excluding carboxylic acids is 1. The van der Waals surface area contributed by atoms with Crippen molar-refractivity contribution in [3.8, 4) is 0 Å². The summed E-state index contributed by atoms with van der Waals surface area (Å²) in [4.78, 5) is 14.1. The van der Waals surface area contributed by atoms with Gasteiger partial charge in [0.15, 0.2) is 0 Å². The number of carbonyl (C=O) groups is 1. The fraction of sp³-hybridized carbons (Fsp3) is 0.714. The van der Waals surface area contributed by atoms with Gasteiger partial charge in [0.1, 0.15) is 0 Å². The minimum absolute atomic E-state index is 0.0134. The first-order chi connectivity index (χ1) is 8.99. The molecule has 1 atom stereocenters. The lowest BCUT2D eigenvalue weighted by atomic mass is 10.1. The average Bonchev–Trinajstić information content (AvgIpc) is 2.68. The maximum atomic E-state index is 12.2. The Kier molecular flexibility index (Phi) is 5.86.